The number of carbonyl (C=O) groups excluding carboxylic acids is 2. The number of halogens is 1. The molecule has 2 amide bonds. The molecule has 0 aliphatic carbocycles. The van der Waals surface area contributed by atoms with Crippen molar-refractivity contribution in [3.05, 3.63) is 118 Å². The van der Waals surface area contributed by atoms with Crippen LogP contribution in [0.1, 0.15) is 55.2 Å². The summed E-state index contributed by atoms with van der Waals surface area (Å²) >= 11 is 3.50. The Morgan fingerprint density at radius 2 is 1.52 bits per heavy atom. The van der Waals surface area contributed by atoms with Gasteiger partial charge in [0.05, 0.1) is 6.54 Å². The zero-order valence-electron chi connectivity index (χ0n) is 23.6. The van der Waals surface area contributed by atoms with E-state index in [0.717, 1.165) is 40.7 Å². The van der Waals surface area contributed by atoms with Crippen molar-refractivity contribution < 1.29 is 9.59 Å². The van der Waals surface area contributed by atoms with E-state index in [-0.39, 0.29) is 24.4 Å². The second-order valence-corrected chi connectivity index (χ2v) is 11.3. The Kier molecular flexibility index (Phi) is 10.4. The van der Waals surface area contributed by atoms with Gasteiger partial charge in [0.1, 0.15) is 6.54 Å². The molecular weight excluding hydrogens is 562 g/mol. The lowest BCUT2D eigenvalue weighted by atomic mass is 10.0. The van der Waals surface area contributed by atoms with E-state index in [1.165, 1.54) is 5.56 Å². The average molecular weight is 601 g/mol. The first-order valence-electron chi connectivity index (χ1n) is 14.0. The number of aromatic nitrogens is 1. The third kappa shape index (κ3) is 7.72. The maximum Gasteiger partial charge on any atom is 0.254 e. The lowest BCUT2D eigenvalue weighted by Crippen LogP contribution is -2.46. The topological polar surface area (TPSA) is 45.6 Å². The third-order valence-electron chi connectivity index (χ3n) is 7.11. The molecule has 4 aromatic rings. The van der Waals surface area contributed by atoms with E-state index in [9.17, 15) is 9.59 Å². The molecule has 0 unspecified atom stereocenters. The molecule has 0 saturated heterocycles. The Balaban J connectivity index is 1.47. The summed E-state index contributed by atoms with van der Waals surface area (Å²) in [6, 6.07) is 30.0. The van der Waals surface area contributed by atoms with Gasteiger partial charge >= 0.3 is 0 Å². The Labute approximate surface area is 246 Å². The van der Waals surface area contributed by atoms with Crippen molar-refractivity contribution in [2.45, 2.75) is 52.7 Å². The van der Waals surface area contributed by atoms with Crippen LogP contribution in [0.3, 0.4) is 0 Å². The Bertz CT molecular complexity index is 1380. The number of benzene rings is 3. The third-order valence-corrected chi connectivity index (χ3v) is 7.63. The maximum absolute atomic E-state index is 13.7. The van der Waals surface area contributed by atoms with Crippen LogP contribution in [0.15, 0.2) is 102 Å². The van der Waals surface area contributed by atoms with E-state index in [0.29, 0.717) is 18.7 Å². The monoisotopic (exact) mass is 599 g/mol. The predicted octanol–water partition coefficient (Wildman–Crippen LogP) is 7.65. The SMILES string of the molecule is CCCCN(Cc1cccn1Cc1ccc(Br)cc1)C(=O)CN(C(=O)c1ccc(-c2ccccc2)cc1)C(C)C. The molecule has 0 spiro atoms. The molecule has 40 heavy (non-hydrogen) atoms. The van der Waals surface area contributed by atoms with E-state index in [2.05, 4.69) is 63.9 Å². The van der Waals surface area contributed by atoms with E-state index in [1.54, 1.807) is 4.90 Å². The summed E-state index contributed by atoms with van der Waals surface area (Å²) in [6.07, 6.45) is 3.96. The minimum atomic E-state index is -0.128. The predicted molar refractivity (Wildman–Crippen MR) is 166 cm³/mol. The number of nitrogens with zero attached hydrogens (tertiary/aromatic N) is 3. The smallest absolute Gasteiger partial charge is 0.254 e. The van der Waals surface area contributed by atoms with E-state index < -0.39 is 0 Å². The van der Waals surface area contributed by atoms with Crippen LogP contribution in [0.5, 0.6) is 0 Å². The highest BCUT2D eigenvalue weighted by Gasteiger charge is 2.25. The fraction of sp³-hybridized carbons (Fsp3) is 0.294. The molecule has 0 radical (unpaired) electrons. The van der Waals surface area contributed by atoms with Gasteiger partial charge in [0.25, 0.3) is 5.91 Å². The van der Waals surface area contributed by atoms with Crippen molar-refractivity contribution in [2.75, 3.05) is 13.1 Å². The van der Waals surface area contributed by atoms with Crippen LogP contribution in [-0.4, -0.2) is 45.3 Å². The zero-order valence-corrected chi connectivity index (χ0v) is 25.2. The molecule has 1 aromatic heterocycles. The van der Waals surface area contributed by atoms with Crippen molar-refractivity contribution in [1.82, 2.24) is 14.4 Å². The molecule has 5 nitrogen and oxygen atoms in total. The minimum absolute atomic E-state index is 0.0344. The molecule has 208 valence electrons. The largest absolute Gasteiger partial charge is 0.345 e. The summed E-state index contributed by atoms with van der Waals surface area (Å²) in [5.41, 5.74) is 5.02. The van der Waals surface area contributed by atoms with Gasteiger partial charge in [0, 0.05) is 41.1 Å². The molecule has 1 heterocycles. The molecule has 0 saturated carbocycles. The van der Waals surface area contributed by atoms with Crippen molar-refractivity contribution in [3.63, 3.8) is 0 Å². The molecule has 0 N–H and O–H groups in total. The van der Waals surface area contributed by atoms with Crippen LogP contribution in [0, 0.1) is 0 Å². The second-order valence-electron chi connectivity index (χ2n) is 10.4. The first-order chi connectivity index (χ1) is 19.4. The zero-order chi connectivity index (χ0) is 28.5. The molecule has 4 rings (SSSR count). The van der Waals surface area contributed by atoms with Crippen LogP contribution in [0.25, 0.3) is 11.1 Å². The number of unbranched alkanes of at least 4 members (excludes halogenated alkanes) is 1. The molecule has 3 aromatic carbocycles. The fourth-order valence-corrected chi connectivity index (χ4v) is 4.97. The van der Waals surface area contributed by atoms with Gasteiger partial charge in [-0.25, -0.2) is 0 Å². The van der Waals surface area contributed by atoms with Crippen LogP contribution < -0.4 is 0 Å². The van der Waals surface area contributed by atoms with Crippen LogP contribution in [-0.2, 0) is 17.9 Å². The van der Waals surface area contributed by atoms with Gasteiger partial charge in [-0.2, -0.15) is 0 Å². The van der Waals surface area contributed by atoms with Crippen molar-refractivity contribution in [3.8, 4) is 11.1 Å². The summed E-state index contributed by atoms with van der Waals surface area (Å²) in [7, 11) is 0. The molecule has 0 fully saturated rings. The fourth-order valence-electron chi connectivity index (χ4n) is 4.71. The summed E-state index contributed by atoms with van der Waals surface area (Å²) in [4.78, 5) is 30.8. The Morgan fingerprint density at radius 3 is 2.17 bits per heavy atom. The lowest BCUT2D eigenvalue weighted by molar-refractivity contribution is -0.133. The summed E-state index contributed by atoms with van der Waals surface area (Å²) in [6.45, 7) is 8.00. The van der Waals surface area contributed by atoms with Gasteiger partial charge in [0.15, 0.2) is 0 Å². The molecule has 0 bridgehead atoms. The molecule has 0 atom stereocenters. The minimum Gasteiger partial charge on any atom is -0.345 e. The number of hydrogen-bond acceptors (Lipinski definition) is 2. The normalized spacial score (nSPS) is 11.0. The van der Waals surface area contributed by atoms with E-state index >= 15 is 0 Å². The van der Waals surface area contributed by atoms with Gasteiger partial charge < -0.3 is 14.4 Å². The second kappa shape index (κ2) is 14.1. The molecule has 6 heteroatoms. The number of hydrogen-bond donors (Lipinski definition) is 0. The summed E-state index contributed by atoms with van der Waals surface area (Å²) < 4.78 is 3.24. The first kappa shape index (κ1) is 29.3. The Hall–Kier alpha value is -3.64. The van der Waals surface area contributed by atoms with E-state index in [4.69, 9.17) is 0 Å². The molecule has 0 aliphatic heterocycles. The highest BCUT2D eigenvalue weighted by Crippen LogP contribution is 2.21. The quantitative estimate of drug-likeness (QED) is 0.168. The highest BCUT2D eigenvalue weighted by molar-refractivity contribution is 9.10. The summed E-state index contributed by atoms with van der Waals surface area (Å²) in [5, 5.41) is 0. The highest BCUT2D eigenvalue weighted by atomic mass is 79.9. The average Bonchev–Trinajstić information content (AvgIpc) is 3.41. The number of amides is 2. The van der Waals surface area contributed by atoms with Crippen LogP contribution in [0.4, 0.5) is 0 Å². The number of carbonyl (C=O) groups is 2. The number of rotatable bonds is 12. The summed E-state index contributed by atoms with van der Waals surface area (Å²) in [5.74, 6) is -0.162. The van der Waals surface area contributed by atoms with Gasteiger partial charge in [0.2, 0.25) is 5.91 Å². The van der Waals surface area contributed by atoms with Gasteiger partial charge in [-0.05, 0) is 73.4 Å². The standard InChI is InChI=1S/C34H38BrN3O2/c1-4-5-21-37(24-32-12-9-22-36(32)23-27-13-19-31(35)20-14-27)33(39)25-38(26(2)3)34(40)30-17-15-29(16-18-30)28-10-7-6-8-11-28/h6-20,22,26H,4-5,21,23-25H2,1-3H3. The van der Waals surface area contributed by atoms with Crippen molar-refractivity contribution >= 4 is 27.7 Å². The van der Waals surface area contributed by atoms with Crippen molar-refractivity contribution in [2.24, 2.45) is 0 Å². The van der Waals surface area contributed by atoms with E-state index in [1.807, 2.05) is 79.4 Å². The van der Waals surface area contributed by atoms with Crippen molar-refractivity contribution in [1.29, 1.82) is 0 Å². The first-order valence-corrected chi connectivity index (χ1v) is 14.8. The Morgan fingerprint density at radius 1 is 0.850 bits per heavy atom. The van der Waals surface area contributed by atoms with Crippen LogP contribution in [0.2, 0.25) is 0 Å². The molecule has 0 aliphatic rings. The van der Waals surface area contributed by atoms with Gasteiger partial charge in [-0.15, -0.1) is 0 Å². The van der Waals surface area contributed by atoms with Crippen LogP contribution >= 0.6 is 15.9 Å². The maximum atomic E-state index is 13.7. The van der Waals surface area contributed by atoms with Gasteiger partial charge in [-0.1, -0.05) is 83.9 Å². The molecular formula is C34H38BrN3O2. The van der Waals surface area contributed by atoms with Gasteiger partial charge in [-0.3, -0.25) is 9.59 Å². The lowest BCUT2D eigenvalue weighted by Gasteiger charge is -2.30.